The highest BCUT2D eigenvalue weighted by molar-refractivity contribution is 5.41. The Morgan fingerprint density at radius 2 is 2.25 bits per heavy atom. The van der Waals surface area contributed by atoms with Crippen LogP contribution in [0.15, 0.2) is 18.2 Å². The minimum absolute atomic E-state index is 0.0500. The summed E-state index contributed by atoms with van der Waals surface area (Å²) in [6, 6.07) is 6.42. The Kier molecular flexibility index (Phi) is 3.17. The first kappa shape index (κ1) is 11.4. The summed E-state index contributed by atoms with van der Waals surface area (Å²) < 4.78 is 5.83. The molecule has 0 radical (unpaired) electrons. The van der Waals surface area contributed by atoms with Gasteiger partial charge in [-0.05, 0) is 31.0 Å². The quantitative estimate of drug-likeness (QED) is 0.755. The predicted molar refractivity (Wildman–Crippen MR) is 65.6 cm³/mol. The van der Waals surface area contributed by atoms with Gasteiger partial charge in [0.2, 0.25) is 0 Å². The summed E-state index contributed by atoms with van der Waals surface area (Å²) >= 11 is 0. The molecule has 1 aliphatic rings. The Bertz CT molecular complexity index is 374. The number of nitrogens with one attached hydrogen (secondary N) is 1. The van der Waals surface area contributed by atoms with Crippen molar-refractivity contribution in [2.45, 2.75) is 32.4 Å². The summed E-state index contributed by atoms with van der Waals surface area (Å²) in [6.07, 6.45) is 0.993. The molecule has 0 unspecified atom stereocenters. The highest BCUT2D eigenvalue weighted by Gasteiger charge is 2.29. The van der Waals surface area contributed by atoms with Gasteiger partial charge in [0.15, 0.2) is 0 Å². The molecule has 2 rings (SSSR count). The van der Waals surface area contributed by atoms with E-state index in [0.29, 0.717) is 6.54 Å². The van der Waals surface area contributed by atoms with Crippen LogP contribution < -0.4 is 15.8 Å². The lowest BCUT2D eigenvalue weighted by Gasteiger charge is -2.16. The van der Waals surface area contributed by atoms with Gasteiger partial charge in [0.1, 0.15) is 11.4 Å². The van der Waals surface area contributed by atoms with Crippen molar-refractivity contribution >= 4 is 0 Å². The van der Waals surface area contributed by atoms with E-state index in [4.69, 9.17) is 10.5 Å². The van der Waals surface area contributed by atoms with Crippen LogP contribution in [0, 0.1) is 0 Å². The van der Waals surface area contributed by atoms with Crippen LogP contribution in [-0.4, -0.2) is 18.7 Å². The van der Waals surface area contributed by atoms with E-state index in [1.54, 1.807) is 0 Å². The van der Waals surface area contributed by atoms with Gasteiger partial charge in [0, 0.05) is 26.1 Å². The van der Waals surface area contributed by atoms with Gasteiger partial charge in [0.05, 0.1) is 0 Å². The number of ether oxygens (including phenoxy) is 1. The van der Waals surface area contributed by atoms with Gasteiger partial charge < -0.3 is 15.8 Å². The van der Waals surface area contributed by atoms with E-state index in [1.807, 2.05) is 0 Å². The Hall–Kier alpha value is -1.06. The van der Waals surface area contributed by atoms with E-state index < -0.39 is 0 Å². The molecule has 0 spiro atoms. The van der Waals surface area contributed by atoms with Gasteiger partial charge in [-0.15, -0.1) is 0 Å². The Balaban J connectivity index is 2.04. The minimum atomic E-state index is -0.0500. The topological polar surface area (TPSA) is 47.3 Å². The molecule has 1 aliphatic heterocycles. The molecule has 3 nitrogen and oxygen atoms in total. The van der Waals surface area contributed by atoms with Gasteiger partial charge in [-0.1, -0.05) is 12.1 Å². The predicted octanol–water partition coefficient (Wildman–Crippen LogP) is 1.45. The van der Waals surface area contributed by atoms with Crippen molar-refractivity contribution in [2.24, 2.45) is 5.73 Å². The van der Waals surface area contributed by atoms with Gasteiger partial charge in [-0.3, -0.25) is 0 Å². The van der Waals surface area contributed by atoms with Crippen LogP contribution in [0.4, 0.5) is 0 Å². The summed E-state index contributed by atoms with van der Waals surface area (Å²) in [6.45, 7) is 6.67. The van der Waals surface area contributed by atoms with Gasteiger partial charge in [-0.25, -0.2) is 0 Å². The maximum Gasteiger partial charge on any atom is 0.123 e. The Labute approximate surface area is 97.0 Å². The number of hydrogen-bond donors (Lipinski definition) is 2. The lowest BCUT2D eigenvalue weighted by Crippen LogP contribution is -2.24. The number of rotatable bonds is 4. The molecular weight excluding hydrogens is 200 g/mol. The molecule has 0 amide bonds. The van der Waals surface area contributed by atoms with Gasteiger partial charge >= 0.3 is 0 Å². The number of hydrogen-bond acceptors (Lipinski definition) is 3. The summed E-state index contributed by atoms with van der Waals surface area (Å²) in [7, 11) is 0. The second-order valence-electron chi connectivity index (χ2n) is 4.95. The van der Waals surface area contributed by atoms with Gasteiger partial charge in [-0.2, -0.15) is 0 Å². The number of nitrogens with two attached hydrogens (primary N) is 1. The fourth-order valence-electron chi connectivity index (χ4n) is 2.11. The van der Waals surface area contributed by atoms with Crippen molar-refractivity contribution in [2.75, 3.05) is 13.1 Å². The van der Waals surface area contributed by atoms with E-state index in [0.717, 1.165) is 25.3 Å². The van der Waals surface area contributed by atoms with Crippen LogP contribution >= 0.6 is 0 Å². The maximum absolute atomic E-state index is 5.83. The SMILES string of the molecule is CC1(C)Cc2cc(CNCCN)ccc2O1. The average Bonchev–Trinajstić information content (AvgIpc) is 2.51. The standard InChI is InChI=1S/C13H20N2O/c1-13(2)8-11-7-10(9-15-6-5-14)3-4-12(11)16-13/h3-4,7,15H,5-6,8-9,14H2,1-2H3. The summed E-state index contributed by atoms with van der Waals surface area (Å²) in [5.74, 6) is 1.03. The lowest BCUT2D eigenvalue weighted by molar-refractivity contribution is 0.138. The second-order valence-corrected chi connectivity index (χ2v) is 4.95. The summed E-state index contributed by atoms with van der Waals surface area (Å²) in [5, 5.41) is 3.30. The highest BCUT2D eigenvalue weighted by Crippen LogP contribution is 2.35. The fourth-order valence-corrected chi connectivity index (χ4v) is 2.11. The molecule has 1 aromatic carbocycles. The molecule has 0 atom stereocenters. The van der Waals surface area contributed by atoms with Crippen LogP contribution in [0.3, 0.4) is 0 Å². The van der Waals surface area contributed by atoms with Crippen LogP contribution in [-0.2, 0) is 13.0 Å². The van der Waals surface area contributed by atoms with Crippen molar-refractivity contribution in [3.8, 4) is 5.75 Å². The van der Waals surface area contributed by atoms with E-state index in [9.17, 15) is 0 Å². The maximum atomic E-state index is 5.83. The Morgan fingerprint density at radius 1 is 1.44 bits per heavy atom. The van der Waals surface area contributed by atoms with Crippen molar-refractivity contribution in [3.63, 3.8) is 0 Å². The average molecular weight is 220 g/mol. The Morgan fingerprint density at radius 3 is 3.00 bits per heavy atom. The zero-order valence-electron chi connectivity index (χ0n) is 10.0. The molecule has 16 heavy (non-hydrogen) atoms. The van der Waals surface area contributed by atoms with Gasteiger partial charge in [0.25, 0.3) is 0 Å². The third-order valence-corrected chi connectivity index (χ3v) is 2.78. The van der Waals surface area contributed by atoms with Crippen molar-refractivity contribution in [3.05, 3.63) is 29.3 Å². The molecule has 0 aliphatic carbocycles. The molecule has 0 bridgehead atoms. The molecule has 3 heteroatoms. The van der Waals surface area contributed by atoms with E-state index >= 15 is 0 Å². The first-order valence-electron chi connectivity index (χ1n) is 5.82. The largest absolute Gasteiger partial charge is 0.487 e. The molecule has 0 saturated heterocycles. The molecule has 88 valence electrons. The van der Waals surface area contributed by atoms with E-state index in [1.165, 1.54) is 11.1 Å². The second kappa shape index (κ2) is 4.44. The van der Waals surface area contributed by atoms with Crippen molar-refractivity contribution < 1.29 is 4.74 Å². The van der Waals surface area contributed by atoms with Crippen molar-refractivity contribution in [1.29, 1.82) is 0 Å². The van der Waals surface area contributed by atoms with Crippen LogP contribution in [0.1, 0.15) is 25.0 Å². The highest BCUT2D eigenvalue weighted by atomic mass is 16.5. The zero-order chi connectivity index (χ0) is 11.6. The first-order chi connectivity index (χ1) is 7.61. The monoisotopic (exact) mass is 220 g/mol. The van der Waals surface area contributed by atoms with Crippen LogP contribution in [0.2, 0.25) is 0 Å². The molecular formula is C13H20N2O. The van der Waals surface area contributed by atoms with Crippen LogP contribution in [0.25, 0.3) is 0 Å². The summed E-state index contributed by atoms with van der Waals surface area (Å²) in [5.41, 5.74) is 8.00. The minimum Gasteiger partial charge on any atom is -0.487 e. The fraction of sp³-hybridized carbons (Fsp3) is 0.538. The molecule has 0 saturated carbocycles. The molecule has 3 N–H and O–H groups in total. The normalized spacial score (nSPS) is 16.9. The van der Waals surface area contributed by atoms with Crippen molar-refractivity contribution in [1.82, 2.24) is 5.32 Å². The van der Waals surface area contributed by atoms with E-state index in [2.05, 4.69) is 37.4 Å². The summed E-state index contributed by atoms with van der Waals surface area (Å²) in [4.78, 5) is 0. The van der Waals surface area contributed by atoms with E-state index in [-0.39, 0.29) is 5.60 Å². The molecule has 1 aromatic rings. The lowest BCUT2D eigenvalue weighted by atomic mass is 10.0. The number of benzene rings is 1. The number of fused-ring (bicyclic) bond motifs is 1. The third kappa shape index (κ3) is 2.54. The third-order valence-electron chi connectivity index (χ3n) is 2.78. The smallest absolute Gasteiger partial charge is 0.123 e. The molecule has 0 fully saturated rings. The molecule has 1 heterocycles. The molecule has 0 aromatic heterocycles. The van der Waals surface area contributed by atoms with Crippen LogP contribution in [0.5, 0.6) is 5.75 Å². The first-order valence-corrected chi connectivity index (χ1v) is 5.82. The zero-order valence-corrected chi connectivity index (χ0v) is 10.0.